The number of anilines is 2. The number of amides is 1. The number of β-amino-alcohol motifs (C(OH)–C–C–N with tert-alkyl or cyclic N) is 1. The number of carbonyl (C=O) groups is 1. The van der Waals surface area contributed by atoms with Crippen LogP contribution in [0.1, 0.15) is 27.4 Å². The quantitative estimate of drug-likeness (QED) is 0.293. The fraction of sp³-hybridized carbons (Fsp3) is 0.500. The van der Waals surface area contributed by atoms with Crippen LogP contribution in [0.3, 0.4) is 0 Å². The fourth-order valence-corrected chi connectivity index (χ4v) is 5.43. The summed E-state index contributed by atoms with van der Waals surface area (Å²) in [7, 11) is 0. The van der Waals surface area contributed by atoms with Gasteiger partial charge in [-0.15, -0.1) is 0 Å². The lowest BCUT2D eigenvalue weighted by Gasteiger charge is -2.31. The normalized spacial score (nSPS) is 18.2. The number of nitrogens with zero attached hydrogens (tertiary/aromatic N) is 5. The van der Waals surface area contributed by atoms with E-state index in [1.807, 2.05) is 17.0 Å². The summed E-state index contributed by atoms with van der Waals surface area (Å²) < 4.78 is 21.7. The zero-order valence-electron chi connectivity index (χ0n) is 23.1. The minimum atomic E-state index is -0.763. The van der Waals surface area contributed by atoms with Crippen LogP contribution in [0.4, 0.5) is 11.8 Å². The number of benzene rings is 1. The summed E-state index contributed by atoms with van der Waals surface area (Å²) in [5.74, 6) is 1.90. The Labute approximate surface area is 248 Å². The molecule has 0 bridgehead atoms. The molecule has 1 amide bonds. The molecule has 0 unspecified atom stereocenters. The summed E-state index contributed by atoms with van der Waals surface area (Å²) in [4.78, 5) is 30.3. The largest absolute Gasteiger partial charge is 0.484 e. The van der Waals surface area contributed by atoms with Crippen LogP contribution in [0.25, 0.3) is 0 Å². The van der Waals surface area contributed by atoms with Crippen molar-refractivity contribution in [3.63, 3.8) is 0 Å². The molecule has 0 saturated carbocycles. The molecule has 3 aliphatic rings. The number of nitrogens with one attached hydrogen (secondary N) is 2. The van der Waals surface area contributed by atoms with E-state index in [2.05, 4.69) is 30.5 Å². The van der Waals surface area contributed by atoms with Gasteiger partial charge in [0, 0.05) is 45.3 Å². The second-order valence-electron chi connectivity index (χ2n) is 10.5. The zero-order valence-corrected chi connectivity index (χ0v) is 23.9. The number of oxazole rings is 1. The number of rotatable bonds is 11. The summed E-state index contributed by atoms with van der Waals surface area (Å²) in [6.45, 7) is 5.75. The van der Waals surface area contributed by atoms with Crippen molar-refractivity contribution < 1.29 is 28.5 Å². The molecule has 0 radical (unpaired) electrons. The summed E-state index contributed by atoms with van der Waals surface area (Å²) in [5.41, 5.74) is 2.37. The molecule has 0 spiro atoms. The van der Waals surface area contributed by atoms with Crippen LogP contribution in [0.2, 0.25) is 5.02 Å². The lowest BCUT2D eigenvalue weighted by Crippen LogP contribution is -2.43. The molecule has 1 atom stereocenters. The highest BCUT2D eigenvalue weighted by atomic mass is 35.5. The van der Waals surface area contributed by atoms with Crippen molar-refractivity contribution in [3.8, 4) is 5.75 Å². The molecule has 3 N–H and O–H groups in total. The number of hydrogen-bond acceptors (Lipinski definition) is 12. The van der Waals surface area contributed by atoms with Gasteiger partial charge in [0.05, 0.1) is 49.8 Å². The Bertz CT molecular complexity index is 1370. The molecule has 3 aliphatic heterocycles. The SMILES string of the molecule is O=C(NC[C@H](O)CN1CCc2c(ccc(OCc3cnco3)c2Cl)C1)c1cc(NC2COC2)nc(N2CCOCC2)n1. The molecule has 2 aromatic heterocycles. The van der Waals surface area contributed by atoms with E-state index in [-0.39, 0.29) is 30.8 Å². The number of morpholine rings is 1. The predicted molar refractivity (Wildman–Crippen MR) is 153 cm³/mol. The van der Waals surface area contributed by atoms with Gasteiger partial charge in [-0.25, -0.2) is 9.97 Å². The predicted octanol–water partition coefficient (Wildman–Crippen LogP) is 1.49. The average molecular weight is 600 g/mol. The van der Waals surface area contributed by atoms with E-state index >= 15 is 0 Å². The van der Waals surface area contributed by atoms with E-state index in [1.54, 1.807) is 12.3 Å². The van der Waals surface area contributed by atoms with Gasteiger partial charge in [-0.05, 0) is 23.6 Å². The third-order valence-corrected chi connectivity index (χ3v) is 7.84. The summed E-state index contributed by atoms with van der Waals surface area (Å²) >= 11 is 6.66. The molecule has 2 fully saturated rings. The van der Waals surface area contributed by atoms with Gasteiger partial charge in [0.1, 0.15) is 23.9 Å². The molecule has 224 valence electrons. The highest BCUT2D eigenvalue weighted by Gasteiger charge is 2.25. The number of aliphatic hydroxyl groups is 1. The van der Waals surface area contributed by atoms with Gasteiger partial charge >= 0.3 is 0 Å². The van der Waals surface area contributed by atoms with Crippen LogP contribution in [-0.2, 0) is 29.0 Å². The first kappa shape index (κ1) is 28.6. The lowest BCUT2D eigenvalue weighted by atomic mass is 9.99. The van der Waals surface area contributed by atoms with E-state index in [1.165, 1.54) is 6.39 Å². The molecular formula is C28H34ClN7O6. The van der Waals surface area contributed by atoms with Crippen LogP contribution >= 0.6 is 11.6 Å². The molecule has 6 rings (SSSR count). The minimum Gasteiger partial charge on any atom is -0.484 e. The molecule has 42 heavy (non-hydrogen) atoms. The Balaban J connectivity index is 1.03. The molecule has 5 heterocycles. The second kappa shape index (κ2) is 13.2. The van der Waals surface area contributed by atoms with Gasteiger partial charge in [-0.1, -0.05) is 17.7 Å². The summed E-state index contributed by atoms with van der Waals surface area (Å²) in [6, 6.07) is 5.64. The zero-order chi connectivity index (χ0) is 28.9. The molecular weight excluding hydrogens is 566 g/mol. The number of hydrogen-bond donors (Lipinski definition) is 3. The number of fused-ring (bicyclic) bond motifs is 1. The van der Waals surface area contributed by atoms with Gasteiger partial charge in [0.15, 0.2) is 12.2 Å². The van der Waals surface area contributed by atoms with Gasteiger partial charge in [-0.3, -0.25) is 9.69 Å². The maximum atomic E-state index is 13.1. The Hall–Kier alpha value is -3.49. The van der Waals surface area contributed by atoms with E-state index in [0.717, 1.165) is 24.1 Å². The van der Waals surface area contributed by atoms with E-state index in [9.17, 15) is 9.90 Å². The Kier molecular flexibility index (Phi) is 9.01. The van der Waals surface area contributed by atoms with Crippen molar-refractivity contribution >= 4 is 29.3 Å². The molecule has 1 aromatic carbocycles. The molecule has 13 nitrogen and oxygen atoms in total. The second-order valence-corrected chi connectivity index (χ2v) is 10.9. The van der Waals surface area contributed by atoms with Crippen molar-refractivity contribution in [3.05, 3.63) is 58.4 Å². The Morgan fingerprint density at radius 1 is 1.19 bits per heavy atom. The summed E-state index contributed by atoms with van der Waals surface area (Å²) in [6.07, 6.45) is 2.93. The number of carbonyl (C=O) groups excluding carboxylic acids is 1. The molecule has 14 heteroatoms. The van der Waals surface area contributed by atoms with Gasteiger partial charge in [-0.2, -0.15) is 4.98 Å². The monoisotopic (exact) mass is 599 g/mol. The number of halogens is 1. The molecule has 0 aliphatic carbocycles. The van der Waals surface area contributed by atoms with Crippen molar-refractivity contribution in [1.82, 2.24) is 25.2 Å². The van der Waals surface area contributed by atoms with E-state index in [4.69, 9.17) is 30.2 Å². The number of ether oxygens (including phenoxy) is 3. The van der Waals surface area contributed by atoms with Crippen LogP contribution in [0.15, 0.2) is 35.2 Å². The molecule has 2 saturated heterocycles. The summed E-state index contributed by atoms with van der Waals surface area (Å²) in [5, 5.41) is 17.5. The first-order valence-corrected chi connectivity index (χ1v) is 14.4. The maximum Gasteiger partial charge on any atom is 0.270 e. The third-order valence-electron chi connectivity index (χ3n) is 7.43. The maximum absolute atomic E-state index is 13.1. The minimum absolute atomic E-state index is 0.0908. The smallest absolute Gasteiger partial charge is 0.270 e. The van der Waals surface area contributed by atoms with Crippen LogP contribution < -0.4 is 20.3 Å². The Morgan fingerprint density at radius 2 is 2.05 bits per heavy atom. The van der Waals surface area contributed by atoms with Crippen molar-refractivity contribution in [2.45, 2.75) is 31.7 Å². The van der Waals surface area contributed by atoms with Gasteiger partial charge < -0.3 is 39.3 Å². The van der Waals surface area contributed by atoms with Crippen LogP contribution in [0.5, 0.6) is 5.75 Å². The fourth-order valence-electron chi connectivity index (χ4n) is 5.10. The van der Waals surface area contributed by atoms with Crippen molar-refractivity contribution in [2.75, 3.05) is 69.4 Å². The van der Waals surface area contributed by atoms with E-state index in [0.29, 0.717) is 80.9 Å². The van der Waals surface area contributed by atoms with Gasteiger partial charge in [0.2, 0.25) is 5.95 Å². The van der Waals surface area contributed by atoms with Crippen LogP contribution in [0, 0.1) is 0 Å². The van der Waals surface area contributed by atoms with Crippen molar-refractivity contribution in [2.24, 2.45) is 0 Å². The highest BCUT2D eigenvalue weighted by molar-refractivity contribution is 6.33. The first-order chi connectivity index (χ1) is 20.5. The third kappa shape index (κ3) is 6.93. The topological polar surface area (TPSA) is 147 Å². The Morgan fingerprint density at radius 3 is 2.81 bits per heavy atom. The highest BCUT2D eigenvalue weighted by Crippen LogP contribution is 2.34. The lowest BCUT2D eigenvalue weighted by molar-refractivity contribution is 0.0209. The number of aliphatic hydroxyl groups excluding tert-OH is 1. The first-order valence-electron chi connectivity index (χ1n) is 14.1. The van der Waals surface area contributed by atoms with Crippen LogP contribution in [-0.4, -0.2) is 102 Å². The number of aromatic nitrogens is 3. The van der Waals surface area contributed by atoms with E-state index < -0.39 is 6.10 Å². The van der Waals surface area contributed by atoms with Gasteiger partial charge in [0.25, 0.3) is 5.91 Å². The molecule has 3 aromatic rings. The van der Waals surface area contributed by atoms with Crippen molar-refractivity contribution in [1.29, 1.82) is 0 Å². The average Bonchev–Trinajstić information content (AvgIpc) is 3.51. The standard InChI is InChI=1S/C28H34ClN7O6/c29-26-22-3-4-35(12-18(22)1-2-24(26)41-16-21-11-30-17-42-21)13-20(37)10-31-27(38)23-9-25(32-19-14-40-15-19)34-28(33-23)36-5-7-39-8-6-36/h1-2,9,11,17,19-20,37H,3-8,10,12-16H2,(H,31,38)(H,32,33,34)/t20-/m0/s1.